The zero-order valence-corrected chi connectivity index (χ0v) is 13.0. The van der Waals surface area contributed by atoms with Crippen molar-refractivity contribution in [2.24, 2.45) is 0 Å². The van der Waals surface area contributed by atoms with Crippen LogP contribution >= 0.6 is 0 Å². The Morgan fingerprint density at radius 1 is 1.29 bits per heavy atom. The predicted molar refractivity (Wildman–Crippen MR) is 80.9 cm³/mol. The molecular formula is C14H22FN3O2S. The van der Waals surface area contributed by atoms with E-state index in [4.69, 9.17) is 5.73 Å². The maximum Gasteiger partial charge on any atom is 0.241 e. The molecule has 3 N–H and O–H groups in total. The fourth-order valence-corrected chi connectivity index (χ4v) is 3.94. The Labute approximate surface area is 125 Å². The average Bonchev–Trinajstić information content (AvgIpc) is 2.37. The van der Waals surface area contributed by atoms with Gasteiger partial charge in [-0.05, 0) is 51.1 Å². The highest BCUT2D eigenvalue weighted by molar-refractivity contribution is 7.89. The molecule has 1 saturated heterocycles. The topological polar surface area (TPSA) is 75.4 Å². The van der Waals surface area contributed by atoms with E-state index in [2.05, 4.69) is 9.62 Å². The summed E-state index contributed by atoms with van der Waals surface area (Å²) in [5.41, 5.74) is 5.59. The number of hydrogen-bond acceptors (Lipinski definition) is 4. The third-order valence-electron chi connectivity index (χ3n) is 3.54. The maximum absolute atomic E-state index is 13.3. The summed E-state index contributed by atoms with van der Waals surface area (Å²) in [4.78, 5) is 2.11. The number of nitrogens with one attached hydrogen (secondary N) is 1. The van der Waals surface area contributed by atoms with Crippen LogP contribution < -0.4 is 10.5 Å². The van der Waals surface area contributed by atoms with Crippen LogP contribution in [0.15, 0.2) is 23.1 Å². The lowest BCUT2D eigenvalue weighted by atomic mass is 10.1. The molecule has 5 nitrogen and oxygen atoms in total. The smallest absolute Gasteiger partial charge is 0.241 e. The largest absolute Gasteiger partial charge is 0.399 e. The maximum atomic E-state index is 13.3. The first kappa shape index (κ1) is 16.2. The van der Waals surface area contributed by atoms with Gasteiger partial charge in [-0.25, -0.2) is 17.5 Å². The highest BCUT2D eigenvalue weighted by Crippen LogP contribution is 2.16. The molecule has 7 heteroatoms. The average molecular weight is 315 g/mol. The van der Waals surface area contributed by atoms with Crippen LogP contribution in [0.4, 0.5) is 10.1 Å². The van der Waals surface area contributed by atoms with E-state index >= 15 is 0 Å². The van der Waals surface area contributed by atoms with E-state index in [0.717, 1.165) is 38.1 Å². The Morgan fingerprint density at radius 3 is 2.57 bits per heavy atom. The number of rotatable bonds is 5. The second kappa shape index (κ2) is 6.72. The molecule has 1 aromatic carbocycles. The van der Waals surface area contributed by atoms with Crippen molar-refractivity contribution in [2.45, 2.75) is 37.1 Å². The monoisotopic (exact) mass is 315 g/mol. The summed E-state index contributed by atoms with van der Waals surface area (Å²) < 4.78 is 40.3. The zero-order valence-electron chi connectivity index (χ0n) is 12.2. The molecule has 1 aliphatic rings. The molecule has 0 radical (unpaired) electrons. The fraction of sp³-hybridized carbons (Fsp3) is 0.571. The lowest BCUT2D eigenvalue weighted by molar-refractivity contribution is 0.215. The molecule has 0 amide bonds. The van der Waals surface area contributed by atoms with Crippen molar-refractivity contribution < 1.29 is 12.8 Å². The van der Waals surface area contributed by atoms with Crippen LogP contribution in [-0.2, 0) is 10.0 Å². The van der Waals surface area contributed by atoms with Gasteiger partial charge in [-0.2, -0.15) is 0 Å². The molecule has 21 heavy (non-hydrogen) atoms. The second-order valence-electron chi connectivity index (χ2n) is 5.60. The summed E-state index contributed by atoms with van der Waals surface area (Å²) in [6.45, 7) is 4.47. The standard InChI is InChI=1S/C14H22FN3O2S/c1-11(10-18-5-3-2-4-6-18)17-21(19,20)14-8-12(15)7-13(16)9-14/h7-9,11,17H,2-6,10,16H2,1H3. The Hall–Kier alpha value is -1.18. The van der Waals surface area contributed by atoms with Crippen LogP contribution in [0, 0.1) is 5.82 Å². The summed E-state index contributed by atoms with van der Waals surface area (Å²) in [5.74, 6) is -0.654. The second-order valence-corrected chi connectivity index (χ2v) is 7.32. The van der Waals surface area contributed by atoms with E-state index in [0.29, 0.717) is 6.54 Å². The molecule has 0 saturated carbocycles. The molecule has 1 unspecified atom stereocenters. The number of nitrogens with zero attached hydrogens (tertiary/aromatic N) is 1. The summed E-state index contributed by atoms with van der Waals surface area (Å²) in [5, 5.41) is 0. The van der Waals surface area contributed by atoms with E-state index in [-0.39, 0.29) is 16.6 Å². The van der Waals surface area contributed by atoms with Crippen LogP contribution in [0.25, 0.3) is 0 Å². The summed E-state index contributed by atoms with van der Waals surface area (Å²) in [6, 6.07) is 3.10. The number of halogens is 1. The van der Waals surface area contributed by atoms with E-state index in [1.807, 2.05) is 6.92 Å². The predicted octanol–water partition coefficient (Wildman–Crippen LogP) is 1.56. The van der Waals surface area contributed by atoms with E-state index < -0.39 is 15.8 Å². The molecule has 2 rings (SSSR count). The van der Waals surface area contributed by atoms with Crippen molar-refractivity contribution in [3.05, 3.63) is 24.0 Å². The number of anilines is 1. The van der Waals surface area contributed by atoms with Crippen LogP contribution in [0.5, 0.6) is 0 Å². The molecule has 0 bridgehead atoms. The number of likely N-dealkylation sites (tertiary alicyclic amines) is 1. The van der Waals surface area contributed by atoms with Crippen LogP contribution in [0.3, 0.4) is 0 Å². The van der Waals surface area contributed by atoms with Gasteiger partial charge in [0.25, 0.3) is 0 Å². The molecule has 1 atom stereocenters. The first-order valence-corrected chi connectivity index (χ1v) is 8.66. The minimum Gasteiger partial charge on any atom is -0.399 e. The highest BCUT2D eigenvalue weighted by Gasteiger charge is 2.21. The summed E-state index contributed by atoms with van der Waals surface area (Å²) in [6.07, 6.45) is 3.54. The number of sulfonamides is 1. The van der Waals surface area contributed by atoms with Crippen LogP contribution in [0.1, 0.15) is 26.2 Å². The van der Waals surface area contributed by atoms with Crippen molar-refractivity contribution in [3.8, 4) is 0 Å². The molecule has 1 aromatic rings. The molecule has 1 aliphatic heterocycles. The minimum absolute atomic E-state index is 0.0964. The number of nitrogen functional groups attached to an aromatic ring is 1. The Bertz CT molecular complexity index is 566. The number of piperidine rings is 1. The lowest BCUT2D eigenvalue weighted by Gasteiger charge is -2.29. The van der Waals surface area contributed by atoms with Gasteiger partial charge in [0.2, 0.25) is 10.0 Å². The fourth-order valence-electron chi connectivity index (χ4n) is 2.64. The third kappa shape index (κ3) is 4.66. The molecule has 0 aromatic heterocycles. The quantitative estimate of drug-likeness (QED) is 0.809. The molecule has 118 valence electrons. The number of benzene rings is 1. The number of nitrogens with two attached hydrogens (primary N) is 1. The third-order valence-corrected chi connectivity index (χ3v) is 5.11. The van der Waals surface area contributed by atoms with Gasteiger partial charge in [0, 0.05) is 18.3 Å². The van der Waals surface area contributed by atoms with Crippen molar-refractivity contribution in [3.63, 3.8) is 0 Å². The Balaban J connectivity index is 2.02. The first-order valence-electron chi connectivity index (χ1n) is 7.17. The Kier molecular flexibility index (Phi) is 5.18. The van der Waals surface area contributed by atoms with Crippen molar-refractivity contribution >= 4 is 15.7 Å². The summed E-state index contributed by atoms with van der Waals surface area (Å²) in [7, 11) is -3.75. The van der Waals surface area contributed by atoms with Gasteiger partial charge in [0.15, 0.2) is 0 Å². The molecule has 1 fully saturated rings. The van der Waals surface area contributed by atoms with Crippen molar-refractivity contribution in [1.29, 1.82) is 0 Å². The van der Waals surface area contributed by atoms with E-state index in [1.54, 1.807) is 0 Å². The van der Waals surface area contributed by atoms with Crippen LogP contribution in [0.2, 0.25) is 0 Å². The highest BCUT2D eigenvalue weighted by atomic mass is 32.2. The van der Waals surface area contributed by atoms with Crippen LogP contribution in [-0.4, -0.2) is 39.0 Å². The molecule has 1 heterocycles. The van der Waals surface area contributed by atoms with Gasteiger partial charge < -0.3 is 10.6 Å². The summed E-state index contributed by atoms with van der Waals surface area (Å²) >= 11 is 0. The number of hydrogen-bond donors (Lipinski definition) is 2. The van der Waals surface area contributed by atoms with E-state index in [1.165, 1.54) is 12.5 Å². The molecule has 0 spiro atoms. The van der Waals surface area contributed by atoms with Crippen molar-refractivity contribution in [1.82, 2.24) is 9.62 Å². The van der Waals surface area contributed by atoms with Gasteiger partial charge in [-0.3, -0.25) is 0 Å². The van der Waals surface area contributed by atoms with E-state index in [9.17, 15) is 12.8 Å². The molecular weight excluding hydrogens is 293 g/mol. The van der Waals surface area contributed by atoms with Gasteiger partial charge in [0.05, 0.1) is 4.90 Å². The van der Waals surface area contributed by atoms with Gasteiger partial charge >= 0.3 is 0 Å². The first-order chi connectivity index (χ1) is 9.87. The zero-order chi connectivity index (χ0) is 15.5. The van der Waals surface area contributed by atoms with Crippen molar-refractivity contribution in [2.75, 3.05) is 25.4 Å². The lowest BCUT2D eigenvalue weighted by Crippen LogP contribution is -2.43. The Morgan fingerprint density at radius 2 is 1.95 bits per heavy atom. The minimum atomic E-state index is -3.75. The SMILES string of the molecule is CC(CN1CCCCC1)NS(=O)(=O)c1cc(N)cc(F)c1. The normalized spacial score (nSPS) is 18.6. The van der Waals surface area contributed by atoms with Gasteiger partial charge in [0.1, 0.15) is 5.82 Å². The van der Waals surface area contributed by atoms with Gasteiger partial charge in [-0.1, -0.05) is 6.42 Å². The molecule has 0 aliphatic carbocycles. The van der Waals surface area contributed by atoms with Gasteiger partial charge in [-0.15, -0.1) is 0 Å².